The Morgan fingerprint density at radius 2 is 2.22 bits per heavy atom. The molecule has 1 heterocycles. The van der Waals surface area contributed by atoms with Gasteiger partial charge in [0.25, 0.3) is 0 Å². The van der Waals surface area contributed by atoms with Crippen LogP contribution in [0.25, 0.3) is 0 Å². The van der Waals surface area contributed by atoms with Gasteiger partial charge in [0.1, 0.15) is 5.75 Å². The second-order valence-corrected chi connectivity index (χ2v) is 4.88. The second-order valence-electron chi connectivity index (χ2n) is 3.96. The highest BCUT2D eigenvalue weighted by molar-refractivity contribution is 9.10. The number of methoxy groups -OCH3 is 1. The Morgan fingerprint density at radius 3 is 2.89 bits per heavy atom. The van der Waals surface area contributed by atoms with Crippen LogP contribution in [-0.2, 0) is 6.42 Å². The molecule has 1 atom stereocenters. The lowest BCUT2D eigenvalue weighted by atomic mass is 10.0. The molecule has 0 bridgehead atoms. The Labute approximate surface area is 115 Å². The minimum atomic E-state index is -0.582. The number of halogens is 1. The Balaban J connectivity index is 2.21. The van der Waals surface area contributed by atoms with E-state index in [-0.39, 0.29) is 0 Å². The van der Waals surface area contributed by atoms with Crippen molar-refractivity contribution in [3.05, 3.63) is 58.3 Å². The monoisotopic (exact) mass is 307 g/mol. The van der Waals surface area contributed by atoms with Gasteiger partial charge in [0.05, 0.1) is 13.2 Å². The summed E-state index contributed by atoms with van der Waals surface area (Å²) in [5.41, 5.74) is 1.77. The molecular formula is C14H14BrNO2. The van der Waals surface area contributed by atoms with Crippen molar-refractivity contribution >= 4 is 15.9 Å². The van der Waals surface area contributed by atoms with Gasteiger partial charge in [0, 0.05) is 23.3 Å². The normalized spacial score (nSPS) is 12.2. The first kappa shape index (κ1) is 13.1. The van der Waals surface area contributed by atoms with Crippen molar-refractivity contribution in [3.8, 4) is 5.75 Å². The van der Waals surface area contributed by atoms with Crippen LogP contribution in [0.5, 0.6) is 5.75 Å². The molecule has 4 heteroatoms. The van der Waals surface area contributed by atoms with Crippen LogP contribution in [-0.4, -0.2) is 17.2 Å². The Hall–Kier alpha value is -1.39. The molecule has 3 nitrogen and oxygen atoms in total. The van der Waals surface area contributed by atoms with Crippen molar-refractivity contribution in [2.75, 3.05) is 7.11 Å². The third-order valence-electron chi connectivity index (χ3n) is 2.72. The van der Waals surface area contributed by atoms with Gasteiger partial charge in [0.2, 0.25) is 0 Å². The van der Waals surface area contributed by atoms with Crippen LogP contribution in [0.1, 0.15) is 17.2 Å². The first-order valence-corrected chi connectivity index (χ1v) is 6.40. The highest BCUT2D eigenvalue weighted by Crippen LogP contribution is 2.27. The van der Waals surface area contributed by atoms with E-state index in [2.05, 4.69) is 20.9 Å². The molecule has 94 valence electrons. The second kappa shape index (κ2) is 5.98. The van der Waals surface area contributed by atoms with E-state index in [9.17, 15) is 5.11 Å². The highest BCUT2D eigenvalue weighted by atomic mass is 79.9. The molecular weight excluding hydrogens is 294 g/mol. The number of benzene rings is 1. The van der Waals surface area contributed by atoms with Crippen molar-refractivity contribution < 1.29 is 9.84 Å². The highest BCUT2D eigenvalue weighted by Gasteiger charge is 2.12. The third-order valence-corrected chi connectivity index (χ3v) is 3.22. The zero-order chi connectivity index (χ0) is 13.0. The van der Waals surface area contributed by atoms with E-state index in [0.29, 0.717) is 6.42 Å². The van der Waals surface area contributed by atoms with Gasteiger partial charge in [0.15, 0.2) is 0 Å². The van der Waals surface area contributed by atoms with Crippen molar-refractivity contribution in [1.29, 1.82) is 0 Å². The molecule has 0 radical (unpaired) electrons. The molecule has 1 unspecified atom stereocenters. The standard InChI is InChI=1S/C14H14BrNO2/c1-18-14-5-4-12(15)7-11(14)8-13(17)10-3-2-6-16-9-10/h2-7,9,13,17H,8H2,1H3. The average molecular weight is 308 g/mol. The summed E-state index contributed by atoms with van der Waals surface area (Å²) in [7, 11) is 1.63. The van der Waals surface area contributed by atoms with Gasteiger partial charge in [-0.15, -0.1) is 0 Å². The largest absolute Gasteiger partial charge is 0.496 e. The van der Waals surface area contributed by atoms with Crippen LogP contribution in [0, 0.1) is 0 Å². The predicted molar refractivity (Wildman–Crippen MR) is 73.6 cm³/mol. The summed E-state index contributed by atoms with van der Waals surface area (Å²) >= 11 is 3.42. The molecule has 0 aliphatic carbocycles. The van der Waals surface area contributed by atoms with Gasteiger partial charge in [-0.1, -0.05) is 22.0 Å². The zero-order valence-corrected chi connectivity index (χ0v) is 11.6. The summed E-state index contributed by atoms with van der Waals surface area (Å²) in [6.45, 7) is 0. The minimum Gasteiger partial charge on any atom is -0.496 e. The molecule has 1 aromatic carbocycles. The number of rotatable bonds is 4. The molecule has 0 spiro atoms. The van der Waals surface area contributed by atoms with E-state index in [1.165, 1.54) is 0 Å². The minimum absolute atomic E-state index is 0.494. The summed E-state index contributed by atoms with van der Waals surface area (Å²) in [5.74, 6) is 0.779. The molecule has 0 amide bonds. The number of ether oxygens (including phenoxy) is 1. The molecule has 2 aromatic rings. The van der Waals surface area contributed by atoms with Gasteiger partial charge in [-0.25, -0.2) is 0 Å². The van der Waals surface area contributed by atoms with E-state index in [0.717, 1.165) is 21.3 Å². The van der Waals surface area contributed by atoms with Gasteiger partial charge in [-0.2, -0.15) is 0 Å². The maximum Gasteiger partial charge on any atom is 0.122 e. The SMILES string of the molecule is COc1ccc(Br)cc1CC(O)c1cccnc1. The van der Waals surface area contributed by atoms with E-state index in [1.54, 1.807) is 19.5 Å². The number of pyridine rings is 1. The fourth-order valence-electron chi connectivity index (χ4n) is 1.81. The van der Waals surface area contributed by atoms with Crippen LogP contribution < -0.4 is 4.74 Å². The molecule has 0 aliphatic rings. The third kappa shape index (κ3) is 3.09. The number of hydrogen-bond acceptors (Lipinski definition) is 3. The van der Waals surface area contributed by atoms with Gasteiger partial charge in [-0.05, 0) is 35.4 Å². The zero-order valence-electron chi connectivity index (χ0n) is 10.0. The van der Waals surface area contributed by atoms with E-state index < -0.39 is 6.10 Å². The summed E-state index contributed by atoms with van der Waals surface area (Å²) in [6.07, 6.45) is 3.28. The number of hydrogen-bond donors (Lipinski definition) is 1. The number of aliphatic hydroxyl groups is 1. The van der Waals surface area contributed by atoms with Crippen molar-refractivity contribution in [3.63, 3.8) is 0 Å². The molecule has 0 aliphatic heterocycles. The van der Waals surface area contributed by atoms with E-state index >= 15 is 0 Å². The lowest BCUT2D eigenvalue weighted by Gasteiger charge is -2.13. The lowest BCUT2D eigenvalue weighted by molar-refractivity contribution is 0.177. The summed E-state index contributed by atoms with van der Waals surface area (Å²) in [4.78, 5) is 4.01. The van der Waals surface area contributed by atoms with Gasteiger partial charge in [-0.3, -0.25) is 4.98 Å². The summed E-state index contributed by atoms with van der Waals surface area (Å²) < 4.78 is 6.26. The maximum absolute atomic E-state index is 10.2. The molecule has 1 aromatic heterocycles. The van der Waals surface area contributed by atoms with Crippen molar-refractivity contribution in [2.45, 2.75) is 12.5 Å². The fraction of sp³-hybridized carbons (Fsp3) is 0.214. The smallest absolute Gasteiger partial charge is 0.122 e. The molecule has 18 heavy (non-hydrogen) atoms. The maximum atomic E-state index is 10.2. The Kier molecular flexibility index (Phi) is 4.33. The van der Waals surface area contributed by atoms with Crippen molar-refractivity contribution in [1.82, 2.24) is 4.98 Å². The van der Waals surface area contributed by atoms with Crippen LogP contribution in [0.3, 0.4) is 0 Å². The predicted octanol–water partition coefficient (Wildman–Crippen LogP) is 3.13. The number of nitrogens with zero attached hydrogens (tertiary/aromatic N) is 1. The first-order valence-electron chi connectivity index (χ1n) is 5.61. The Bertz CT molecular complexity index is 516. The van der Waals surface area contributed by atoms with Gasteiger partial charge >= 0.3 is 0 Å². The van der Waals surface area contributed by atoms with Crippen molar-refractivity contribution in [2.24, 2.45) is 0 Å². The fourth-order valence-corrected chi connectivity index (χ4v) is 2.21. The average Bonchev–Trinajstić information content (AvgIpc) is 2.40. The topological polar surface area (TPSA) is 42.4 Å². The molecule has 1 N–H and O–H groups in total. The molecule has 0 fully saturated rings. The van der Waals surface area contributed by atoms with Gasteiger partial charge < -0.3 is 9.84 Å². The quantitative estimate of drug-likeness (QED) is 0.943. The van der Waals surface area contributed by atoms with Crippen LogP contribution >= 0.6 is 15.9 Å². The van der Waals surface area contributed by atoms with E-state index in [1.807, 2.05) is 30.3 Å². The number of aliphatic hydroxyl groups excluding tert-OH is 1. The van der Waals surface area contributed by atoms with Crippen LogP contribution in [0.2, 0.25) is 0 Å². The summed E-state index contributed by atoms with van der Waals surface area (Å²) in [6, 6.07) is 9.44. The Morgan fingerprint density at radius 1 is 1.39 bits per heavy atom. The lowest BCUT2D eigenvalue weighted by Crippen LogP contribution is -2.03. The van der Waals surface area contributed by atoms with Crippen LogP contribution in [0.15, 0.2) is 47.2 Å². The first-order chi connectivity index (χ1) is 8.70. The number of aromatic nitrogens is 1. The van der Waals surface area contributed by atoms with Crippen LogP contribution in [0.4, 0.5) is 0 Å². The molecule has 0 saturated heterocycles. The van der Waals surface area contributed by atoms with E-state index in [4.69, 9.17) is 4.74 Å². The molecule has 2 rings (SSSR count). The molecule has 0 saturated carbocycles. The summed E-state index contributed by atoms with van der Waals surface area (Å²) in [5, 5.41) is 10.2.